The number of carbonyl (C=O) groups excluding carboxylic acids is 2. The lowest BCUT2D eigenvalue weighted by Crippen LogP contribution is -2.23. The molecule has 0 saturated carbocycles. The summed E-state index contributed by atoms with van der Waals surface area (Å²) in [5.41, 5.74) is 2.33. The SMILES string of the molecule is COC(=O)C(=O)Nc1ccc(N(C)C)c(-c2ccc(OC(F)(F)F)cc2)c1. The van der Waals surface area contributed by atoms with E-state index in [1.807, 2.05) is 0 Å². The van der Waals surface area contributed by atoms with Gasteiger partial charge in [-0.15, -0.1) is 13.2 Å². The Hall–Kier alpha value is -3.23. The van der Waals surface area contributed by atoms with Gasteiger partial charge in [0.2, 0.25) is 0 Å². The highest BCUT2D eigenvalue weighted by Gasteiger charge is 2.31. The van der Waals surface area contributed by atoms with E-state index < -0.39 is 18.2 Å². The number of nitrogens with zero attached hydrogens (tertiary/aromatic N) is 1. The van der Waals surface area contributed by atoms with Gasteiger partial charge in [0.15, 0.2) is 0 Å². The minimum Gasteiger partial charge on any atom is -0.462 e. The Bertz CT molecular complexity index is 833. The second-order valence-corrected chi connectivity index (χ2v) is 5.64. The minimum absolute atomic E-state index is 0.335. The summed E-state index contributed by atoms with van der Waals surface area (Å²) in [5.74, 6) is -2.32. The number of halogens is 3. The van der Waals surface area contributed by atoms with Gasteiger partial charge in [-0.25, -0.2) is 4.79 Å². The maximum Gasteiger partial charge on any atom is 0.573 e. The predicted molar refractivity (Wildman–Crippen MR) is 93.5 cm³/mol. The number of ether oxygens (including phenoxy) is 2. The van der Waals surface area contributed by atoms with Crippen molar-refractivity contribution in [2.75, 3.05) is 31.4 Å². The molecule has 6 nitrogen and oxygen atoms in total. The fraction of sp³-hybridized carbons (Fsp3) is 0.222. The molecule has 0 aromatic heterocycles. The van der Waals surface area contributed by atoms with Crippen molar-refractivity contribution in [3.63, 3.8) is 0 Å². The largest absolute Gasteiger partial charge is 0.573 e. The van der Waals surface area contributed by atoms with E-state index in [0.29, 0.717) is 16.8 Å². The molecule has 9 heteroatoms. The molecule has 0 atom stereocenters. The van der Waals surface area contributed by atoms with Crippen LogP contribution in [0.15, 0.2) is 42.5 Å². The van der Waals surface area contributed by atoms with E-state index in [1.165, 1.54) is 24.3 Å². The lowest BCUT2D eigenvalue weighted by molar-refractivity contribution is -0.274. The second kappa shape index (κ2) is 7.98. The van der Waals surface area contributed by atoms with E-state index in [1.54, 1.807) is 37.2 Å². The molecule has 2 aromatic rings. The normalized spacial score (nSPS) is 10.9. The fourth-order valence-corrected chi connectivity index (χ4v) is 2.35. The fourth-order valence-electron chi connectivity index (χ4n) is 2.35. The van der Waals surface area contributed by atoms with Gasteiger partial charge in [-0.1, -0.05) is 12.1 Å². The molecule has 0 fully saturated rings. The van der Waals surface area contributed by atoms with E-state index in [2.05, 4.69) is 14.8 Å². The lowest BCUT2D eigenvalue weighted by Gasteiger charge is -2.19. The average molecular weight is 382 g/mol. The van der Waals surface area contributed by atoms with Crippen LogP contribution in [0.2, 0.25) is 0 Å². The first kappa shape index (κ1) is 20.1. The smallest absolute Gasteiger partial charge is 0.462 e. The second-order valence-electron chi connectivity index (χ2n) is 5.64. The van der Waals surface area contributed by atoms with Crippen LogP contribution >= 0.6 is 0 Å². The number of alkyl halides is 3. The molecule has 0 radical (unpaired) electrons. The highest BCUT2D eigenvalue weighted by atomic mass is 19.4. The van der Waals surface area contributed by atoms with E-state index in [-0.39, 0.29) is 5.75 Å². The van der Waals surface area contributed by atoms with Crippen LogP contribution in [0.1, 0.15) is 0 Å². The van der Waals surface area contributed by atoms with E-state index >= 15 is 0 Å². The number of nitrogens with one attached hydrogen (secondary N) is 1. The van der Waals surface area contributed by atoms with Crippen molar-refractivity contribution in [2.45, 2.75) is 6.36 Å². The number of rotatable bonds is 4. The molecule has 0 heterocycles. The van der Waals surface area contributed by atoms with Crippen LogP contribution in [-0.4, -0.2) is 39.4 Å². The number of esters is 1. The molecule has 1 amide bonds. The van der Waals surface area contributed by atoms with Crippen molar-refractivity contribution in [2.24, 2.45) is 0 Å². The number of hydrogen-bond donors (Lipinski definition) is 1. The van der Waals surface area contributed by atoms with Gasteiger partial charge in [-0.2, -0.15) is 0 Å². The Balaban J connectivity index is 2.37. The van der Waals surface area contributed by atoms with Gasteiger partial charge in [0.1, 0.15) is 5.75 Å². The predicted octanol–water partition coefficient (Wildman–Crippen LogP) is 3.43. The molecule has 0 spiro atoms. The summed E-state index contributed by atoms with van der Waals surface area (Å²) < 4.78 is 45.1. The Morgan fingerprint density at radius 2 is 1.67 bits per heavy atom. The zero-order valence-corrected chi connectivity index (χ0v) is 14.8. The van der Waals surface area contributed by atoms with Crippen molar-refractivity contribution < 1.29 is 32.2 Å². The summed E-state index contributed by atoms with van der Waals surface area (Å²) in [5, 5.41) is 2.41. The summed E-state index contributed by atoms with van der Waals surface area (Å²) in [6.45, 7) is 0. The summed E-state index contributed by atoms with van der Waals surface area (Å²) >= 11 is 0. The molecule has 0 aliphatic heterocycles. The summed E-state index contributed by atoms with van der Waals surface area (Å²) in [4.78, 5) is 24.7. The maximum absolute atomic E-state index is 12.3. The topological polar surface area (TPSA) is 67.9 Å². The molecule has 0 saturated heterocycles. The van der Waals surface area contributed by atoms with Gasteiger partial charge in [0, 0.05) is 31.0 Å². The zero-order valence-electron chi connectivity index (χ0n) is 14.8. The molecule has 0 aliphatic carbocycles. The average Bonchev–Trinajstić information content (AvgIpc) is 2.60. The van der Waals surface area contributed by atoms with Gasteiger partial charge in [-0.3, -0.25) is 4.79 Å². The summed E-state index contributed by atoms with van der Waals surface area (Å²) in [6, 6.07) is 10.2. The van der Waals surface area contributed by atoms with Crippen LogP contribution in [-0.2, 0) is 14.3 Å². The number of benzene rings is 2. The number of amides is 1. The van der Waals surface area contributed by atoms with Crippen LogP contribution in [0, 0.1) is 0 Å². The third-order valence-electron chi connectivity index (χ3n) is 3.51. The molecule has 1 N–H and O–H groups in total. The van der Waals surface area contributed by atoms with Gasteiger partial charge in [0.05, 0.1) is 7.11 Å². The summed E-state index contributed by atoms with van der Waals surface area (Å²) in [7, 11) is 4.69. The third kappa shape index (κ3) is 5.37. The molecule has 2 rings (SSSR count). The first-order valence-electron chi connectivity index (χ1n) is 7.67. The Morgan fingerprint density at radius 1 is 1.04 bits per heavy atom. The standard InChI is InChI=1S/C18H17F3N2O4/c1-23(2)15-9-6-12(22-16(24)17(25)26-3)10-14(15)11-4-7-13(8-5-11)27-18(19,20)21/h4-10H,1-3H3,(H,22,24). The Kier molecular flexibility index (Phi) is 5.94. The van der Waals surface area contributed by atoms with E-state index in [4.69, 9.17) is 0 Å². The van der Waals surface area contributed by atoms with Gasteiger partial charge >= 0.3 is 18.2 Å². The molecule has 0 bridgehead atoms. The maximum atomic E-state index is 12.3. The zero-order chi connectivity index (χ0) is 20.2. The molecule has 2 aromatic carbocycles. The van der Waals surface area contributed by atoms with Crippen LogP contribution in [0.4, 0.5) is 24.5 Å². The Labute approximate surface area is 153 Å². The molecule has 0 aliphatic rings. The highest BCUT2D eigenvalue weighted by Crippen LogP contribution is 2.34. The number of hydrogen-bond acceptors (Lipinski definition) is 5. The van der Waals surface area contributed by atoms with E-state index in [9.17, 15) is 22.8 Å². The number of methoxy groups -OCH3 is 1. The molecular weight excluding hydrogens is 365 g/mol. The van der Waals surface area contributed by atoms with Gasteiger partial charge in [0.25, 0.3) is 0 Å². The highest BCUT2D eigenvalue weighted by molar-refractivity contribution is 6.37. The van der Waals surface area contributed by atoms with Gasteiger partial charge in [-0.05, 0) is 35.9 Å². The van der Waals surface area contributed by atoms with Gasteiger partial charge < -0.3 is 19.7 Å². The lowest BCUT2D eigenvalue weighted by atomic mass is 10.0. The van der Waals surface area contributed by atoms with Crippen molar-refractivity contribution in [1.29, 1.82) is 0 Å². The number of anilines is 2. The van der Waals surface area contributed by atoms with E-state index in [0.717, 1.165) is 12.8 Å². The first-order valence-corrected chi connectivity index (χ1v) is 7.67. The van der Waals surface area contributed by atoms with Crippen molar-refractivity contribution in [3.8, 4) is 16.9 Å². The van der Waals surface area contributed by atoms with Crippen molar-refractivity contribution >= 4 is 23.3 Å². The van der Waals surface area contributed by atoms with Crippen LogP contribution in [0.3, 0.4) is 0 Å². The van der Waals surface area contributed by atoms with Crippen LogP contribution in [0.25, 0.3) is 11.1 Å². The monoisotopic (exact) mass is 382 g/mol. The summed E-state index contributed by atoms with van der Waals surface area (Å²) in [6.07, 6.45) is -4.77. The van der Waals surface area contributed by atoms with Crippen molar-refractivity contribution in [3.05, 3.63) is 42.5 Å². The molecule has 0 unspecified atom stereocenters. The van der Waals surface area contributed by atoms with Crippen molar-refractivity contribution in [1.82, 2.24) is 0 Å². The molecule has 144 valence electrons. The van der Waals surface area contributed by atoms with Crippen LogP contribution in [0.5, 0.6) is 5.75 Å². The minimum atomic E-state index is -4.77. The molecular formula is C18H17F3N2O4. The number of carbonyl (C=O) groups is 2. The quantitative estimate of drug-likeness (QED) is 0.648. The third-order valence-corrected chi connectivity index (χ3v) is 3.51. The first-order chi connectivity index (χ1) is 12.6. The van der Waals surface area contributed by atoms with Crippen LogP contribution < -0.4 is 15.0 Å². The Morgan fingerprint density at radius 3 is 2.19 bits per heavy atom. The molecule has 27 heavy (non-hydrogen) atoms.